The summed E-state index contributed by atoms with van der Waals surface area (Å²) >= 11 is 1.69. The van der Waals surface area contributed by atoms with Crippen LogP contribution in [0.2, 0.25) is 0 Å². The lowest BCUT2D eigenvalue weighted by atomic mass is 10.1. The largest absolute Gasteiger partial charge is 0.331 e. The van der Waals surface area contributed by atoms with Crippen molar-refractivity contribution in [2.45, 2.75) is 6.92 Å². The van der Waals surface area contributed by atoms with Gasteiger partial charge in [0.25, 0.3) is 0 Å². The molecule has 112 valence electrons. The number of fused-ring (bicyclic) bond motifs is 1. The van der Waals surface area contributed by atoms with E-state index in [4.69, 9.17) is 4.98 Å². The zero-order valence-corrected chi connectivity index (χ0v) is 13.6. The number of hydrogen-bond donors (Lipinski definition) is 1. The molecule has 0 bridgehead atoms. The topological polar surface area (TPSA) is 24.9 Å². The van der Waals surface area contributed by atoms with Crippen LogP contribution < -0.4 is 5.32 Å². The highest BCUT2D eigenvalue weighted by atomic mass is 32.1. The molecule has 0 aliphatic heterocycles. The van der Waals surface area contributed by atoms with E-state index >= 15 is 0 Å². The lowest BCUT2D eigenvalue weighted by Gasteiger charge is -2.06. The molecule has 1 N–H and O–H groups in total. The highest BCUT2D eigenvalue weighted by Crippen LogP contribution is 2.33. The van der Waals surface area contributed by atoms with E-state index in [1.807, 2.05) is 18.2 Å². The third kappa shape index (κ3) is 2.71. The van der Waals surface area contributed by atoms with E-state index in [2.05, 4.69) is 66.8 Å². The number of nitrogens with zero attached hydrogens (tertiary/aromatic N) is 1. The second-order valence-corrected chi connectivity index (χ2v) is 6.64. The smallest absolute Gasteiger partial charge is 0.187 e. The van der Waals surface area contributed by atoms with Gasteiger partial charge in [-0.3, -0.25) is 0 Å². The zero-order chi connectivity index (χ0) is 15.6. The Morgan fingerprint density at radius 2 is 1.57 bits per heavy atom. The van der Waals surface area contributed by atoms with Crippen molar-refractivity contribution in [3.8, 4) is 11.3 Å². The van der Waals surface area contributed by atoms with Gasteiger partial charge < -0.3 is 5.32 Å². The summed E-state index contributed by atoms with van der Waals surface area (Å²) in [5, 5.41) is 6.86. The first-order chi connectivity index (χ1) is 11.3. The average Bonchev–Trinajstić information content (AvgIpc) is 2.96. The van der Waals surface area contributed by atoms with Gasteiger partial charge in [0.2, 0.25) is 0 Å². The van der Waals surface area contributed by atoms with Crippen LogP contribution in [0.5, 0.6) is 0 Å². The summed E-state index contributed by atoms with van der Waals surface area (Å²) in [5.41, 5.74) is 3.31. The molecule has 0 aliphatic carbocycles. The van der Waals surface area contributed by atoms with E-state index in [0.717, 1.165) is 22.1 Å². The van der Waals surface area contributed by atoms with Gasteiger partial charge in [0.15, 0.2) is 5.13 Å². The highest BCUT2D eigenvalue weighted by molar-refractivity contribution is 7.16. The first kappa shape index (κ1) is 14.0. The van der Waals surface area contributed by atoms with Crippen LogP contribution >= 0.6 is 11.3 Å². The van der Waals surface area contributed by atoms with Crippen LogP contribution in [0, 0.1) is 6.92 Å². The Morgan fingerprint density at radius 1 is 0.826 bits per heavy atom. The second-order valence-electron chi connectivity index (χ2n) is 5.44. The molecule has 2 nitrogen and oxygen atoms in total. The number of rotatable bonds is 3. The van der Waals surface area contributed by atoms with Gasteiger partial charge in [0, 0.05) is 21.5 Å². The quantitative estimate of drug-likeness (QED) is 0.500. The van der Waals surface area contributed by atoms with Gasteiger partial charge in [-0.05, 0) is 18.4 Å². The van der Waals surface area contributed by atoms with Crippen LogP contribution in [-0.4, -0.2) is 4.98 Å². The maximum atomic E-state index is 4.79. The minimum absolute atomic E-state index is 0.928. The number of hydrogen-bond acceptors (Lipinski definition) is 3. The van der Waals surface area contributed by atoms with Crippen LogP contribution in [0.4, 0.5) is 10.8 Å². The van der Waals surface area contributed by atoms with Crippen molar-refractivity contribution in [2.24, 2.45) is 0 Å². The van der Waals surface area contributed by atoms with Crippen molar-refractivity contribution in [2.75, 3.05) is 5.32 Å². The maximum Gasteiger partial charge on any atom is 0.187 e. The molecule has 0 unspecified atom stereocenters. The number of nitrogens with one attached hydrogen (secondary N) is 1. The Morgan fingerprint density at radius 3 is 2.43 bits per heavy atom. The third-order valence-electron chi connectivity index (χ3n) is 3.88. The van der Waals surface area contributed by atoms with Gasteiger partial charge >= 0.3 is 0 Å². The molecule has 0 spiro atoms. The molecule has 0 saturated carbocycles. The Labute approximate surface area is 139 Å². The summed E-state index contributed by atoms with van der Waals surface area (Å²) in [7, 11) is 0. The van der Waals surface area contributed by atoms with E-state index in [1.165, 1.54) is 15.6 Å². The van der Waals surface area contributed by atoms with Gasteiger partial charge in [-0.2, -0.15) is 0 Å². The summed E-state index contributed by atoms with van der Waals surface area (Å²) in [5.74, 6) is 0. The lowest BCUT2D eigenvalue weighted by molar-refractivity contribution is 1.36. The van der Waals surface area contributed by atoms with E-state index in [-0.39, 0.29) is 0 Å². The molecule has 0 saturated heterocycles. The molecule has 0 amide bonds. The lowest BCUT2D eigenvalue weighted by Crippen LogP contribution is -1.90. The van der Waals surface area contributed by atoms with E-state index in [0.29, 0.717) is 0 Å². The number of thiazole rings is 1. The summed E-state index contributed by atoms with van der Waals surface area (Å²) < 4.78 is 0. The summed E-state index contributed by atoms with van der Waals surface area (Å²) in [6.45, 7) is 2.12. The molecular weight excluding hydrogens is 300 g/mol. The van der Waals surface area contributed by atoms with Crippen molar-refractivity contribution >= 4 is 32.9 Å². The van der Waals surface area contributed by atoms with Gasteiger partial charge in [-0.15, -0.1) is 11.3 Å². The molecular formula is C20H16N2S. The number of aromatic nitrogens is 1. The van der Waals surface area contributed by atoms with E-state index in [1.54, 1.807) is 11.3 Å². The number of benzene rings is 3. The third-order valence-corrected chi connectivity index (χ3v) is 4.76. The molecule has 1 heterocycles. The van der Waals surface area contributed by atoms with Crippen molar-refractivity contribution in [3.05, 3.63) is 77.7 Å². The Bertz CT molecular complexity index is 952. The van der Waals surface area contributed by atoms with Crippen molar-refractivity contribution in [1.82, 2.24) is 4.98 Å². The first-order valence-corrected chi connectivity index (χ1v) is 8.40. The van der Waals surface area contributed by atoms with Crippen molar-refractivity contribution < 1.29 is 0 Å². The summed E-state index contributed by atoms with van der Waals surface area (Å²) in [6.07, 6.45) is 0. The number of aryl methyl sites for hydroxylation is 1. The Hall–Kier alpha value is -2.65. The molecule has 1 aromatic heterocycles. The van der Waals surface area contributed by atoms with Gasteiger partial charge in [0.1, 0.15) is 0 Å². The standard InChI is InChI=1S/C20H16N2S/c1-14-19(16-9-3-2-4-10-16)22-20(23-14)21-18-13-7-11-15-8-5-6-12-17(15)18/h2-13H,1H3,(H,21,22). The number of anilines is 2. The fraction of sp³-hybridized carbons (Fsp3) is 0.0500. The average molecular weight is 316 g/mol. The van der Waals surface area contributed by atoms with E-state index < -0.39 is 0 Å². The van der Waals surface area contributed by atoms with Crippen molar-refractivity contribution in [1.29, 1.82) is 0 Å². The maximum absolute atomic E-state index is 4.79. The highest BCUT2D eigenvalue weighted by Gasteiger charge is 2.10. The molecule has 0 radical (unpaired) electrons. The van der Waals surface area contributed by atoms with Crippen LogP contribution in [0.25, 0.3) is 22.0 Å². The monoisotopic (exact) mass is 316 g/mol. The van der Waals surface area contributed by atoms with Gasteiger partial charge in [-0.25, -0.2) is 4.98 Å². The fourth-order valence-corrected chi connectivity index (χ4v) is 3.61. The molecule has 4 aromatic rings. The summed E-state index contributed by atoms with van der Waals surface area (Å²) in [6, 6.07) is 25.0. The zero-order valence-electron chi connectivity index (χ0n) is 12.8. The van der Waals surface area contributed by atoms with Crippen LogP contribution in [-0.2, 0) is 0 Å². The molecule has 4 rings (SSSR count). The predicted octanol–water partition coefficient (Wildman–Crippen LogP) is 6.02. The summed E-state index contributed by atoms with van der Waals surface area (Å²) in [4.78, 5) is 6.01. The molecule has 23 heavy (non-hydrogen) atoms. The van der Waals surface area contributed by atoms with Crippen molar-refractivity contribution in [3.63, 3.8) is 0 Å². The minimum Gasteiger partial charge on any atom is -0.331 e. The van der Waals surface area contributed by atoms with E-state index in [9.17, 15) is 0 Å². The second kappa shape index (κ2) is 5.86. The molecule has 0 aliphatic rings. The molecule has 3 aromatic carbocycles. The molecule has 0 fully saturated rings. The van der Waals surface area contributed by atoms with Crippen LogP contribution in [0.15, 0.2) is 72.8 Å². The Kier molecular flexibility index (Phi) is 3.56. The van der Waals surface area contributed by atoms with Crippen LogP contribution in [0.1, 0.15) is 4.88 Å². The minimum atomic E-state index is 0.928. The van der Waals surface area contributed by atoms with Crippen LogP contribution in [0.3, 0.4) is 0 Å². The van der Waals surface area contributed by atoms with Gasteiger partial charge in [-0.1, -0.05) is 66.7 Å². The normalized spacial score (nSPS) is 10.8. The first-order valence-electron chi connectivity index (χ1n) is 7.59. The van der Waals surface area contributed by atoms with Gasteiger partial charge in [0.05, 0.1) is 5.69 Å². The predicted molar refractivity (Wildman–Crippen MR) is 99.5 cm³/mol. The fourth-order valence-electron chi connectivity index (χ4n) is 2.76. The SMILES string of the molecule is Cc1sc(Nc2cccc3ccccc23)nc1-c1ccccc1. The Balaban J connectivity index is 1.72. The molecule has 0 atom stereocenters. The molecule has 3 heteroatoms.